The van der Waals surface area contributed by atoms with Gasteiger partial charge in [0.1, 0.15) is 11.6 Å². The van der Waals surface area contributed by atoms with E-state index >= 15 is 0 Å². The molecule has 0 saturated heterocycles. The highest BCUT2D eigenvalue weighted by atomic mass is 35.5. The van der Waals surface area contributed by atoms with E-state index in [4.69, 9.17) is 11.6 Å². The molecule has 0 spiro atoms. The Labute approximate surface area is 153 Å². The van der Waals surface area contributed by atoms with Crippen LogP contribution in [0.4, 0.5) is 10.1 Å². The van der Waals surface area contributed by atoms with E-state index in [2.05, 4.69) is 15.3 Å². The van der Waals surface area contributed by atoms with Crippen LogP contribution in [0.2, 0.25) is 5.02 Å². The van der Waals surface area contributed by atoms with Gasteiger partial charge in [0.15, 0.2) is 0 Å². The Morgan fingerprint density at radius 2 is 1.88 bits per heavy atom. The summed E-state index contributed by atoms with van der Waals surface area (Å²) < 4.78 is 13.3. The third-order valence-electron chi connectivity index (χ3n) is 3.96. The Hall–Kier alpha value is -3.18. The fraction of sp³-hybridized carbons (Fsp3) is 0. The summed E-state index contributed by atoms with van der Waals surface area (Å²) in [6, 6.07) is 18.3. The second-order valence-corrected chi connectivity index (χ2v) is 6.17. The molecule has 0 aliphatic carbocycles. The highest BCUT2D eigenvalue weighted by molar-refractivity contribution is 6.33. The van der Waals surface area contributed by atoms with Crippen LogP contribution in [0.1, 0.15) is 10.4 Å². The molecule has 0 saturated carbocycles. The second-order valence-electron chi connectivity index (χ2n) is 5.76. The molecule has 1 aromatic heterocycles. The van der Waals surface area contributed by atoms with Gasteiger partial charge in [-0.15, -0.1) is 0 Å². The predicted molar refractivity (Wildman–Crippen MR) is 101 cm³/mol. The van der Waals surface area contributed by atoms with Crippen LogP contribution >= 0.6 is 11.6 Å². The SMILES string of the molecule is O=C(Nc1ccc(Cl)c(-c2nc3ccccc3[nH]2)c1)c1cccc(F)c1. The summed E-state index contributed by atoms with van der Waals surface area (Å²) in [5.74, 6) is -0.253. The molecule has 4 rings (SSSR count). The molecule has 4 nitrogen and oxygen atoms in total. The Morgan fingerprint density at radius 1 is 1.04 bits per heavy atom. The number of fused-ring (bicyclic) bond motifs is 1. The first-order chi connectivity index (χ1) is 12.6. The van der Waals surface area contributed by atoms with Crippen LogP contribution < -0.4 is 5.32 Å². The van der Waals surface area contributed by atoms with Gasteiger partial charge in [0, 0.05) is 16.8 Å². The topological polar surface area (TPSA) is 57.8 Å². The first kappa shape index (κ1) is 16.3. The first-order valence-electron chi connectivity index (χ1n) is 7.92. The average Bonchev–Trinajstić information content (AvgIpc) is 3.07. The van der Waals surface area contributed by atoms with Gasteiger partial charge >= 0.3 is 0 Å². The van der Waals surface area contributed by atoms with Crippen molar-refractivity contribution in [3.63, 3.8) is 0 Å². The number of H-pyrrole nitrogens is 1. The van der Waals surface area contributed by atoms with Gasteiger partial charge in [0.2, 0.25) is 0 Å². The quantitative estimate of drug-likeness (QED) is 0.519. The highest BCUT2D eigenvalue weighted by Crippen LogP contribution is 2.30. The lowest BCUT2D eigenvalue weighted by Crippen LogP contribution is -2.12. The van der Waals surface area contributed by atoms with E-state index in [0.29, 0.717) is 22.1 Å². The van der Waals surface area contributed by atoms with Crippen LogP contribution in [0, 0.1) is 5.82 Å². The standard InChI is InChI=1S/C20H13ClFN3O/c21-16-9-8-14(23-20(26)12-4-3-5-13(22)10-12)11-15(16)19-24-17-6-1-2-7-18(17)25-19/h1-11H,(H,23,26)(H,24,25). The fourth-order valence-corrected chi connectivity index (χ4v) is 2.90. The molecule has 26 heavy (non-hydrogen) atoms. The number of anilines is 1. The number of halogens is 2. The summed E-state index contributed by atoms with van der Waals surface area (Å²) in [5.41, 5.74) is 3.17. The van der Waals surface area contributed by atoms with Crippen molar-refractivity contribution in [3.05, 3.63) is 83.1 Å². The van der Waals surface area contributed by atoms with Crippen molar-refractivity contribution in [2.24, 2.45) is 0 Å². The first-order valence-corrected chi connectivity index (χ1v) is 8.29. The zero-order chi connectivity index (χ0) is 18.1. The van der Waals surface area contributed by atoms with Gasteiger partial charge in [-0.3, -0.25) is 4.79 Å². The molecule has 3 aromatic carbocycles. The molecule has 0 aliphatic heterocycles. The van der Waals surface area contributed by atoms with Gasteiger partial charge in [-0.2, -0.15) is 0 Å². The monoisotopic (exact) mass is 365 g/mol. The molecule has 128 valence electrons. The molecule has 2 N–H and O–H groups in total. The maximum absolute atomic E-state index is 13.3. The zero-order valence-electron chi connectivity index (χ0n) is 13.5. The van der Waals surface area contributed by atoms with Gasteiger partial charge in [-0.05, 0) is 48.5 Å². The van der Waals surface area contributed by atoms with Crippen molar-refractivity contribution < 1.29 is 9.18 Å². The van der Waals surface area contributed by atoms with Gasteiger partial charge in [0.25, 0.3) is 5.91 Å². The number of carbonyl (C=O) groups excluding carboxylic acids is 1. The van der Waals surface area contributed by atoms with Crippen LogP contribution in [0.5, 0.6) is 0 Å². The Morgan fingerprint density at radius 3 is 2.69 bits per heavy atom. The third-order valence-corrected chi connectivity index (χ3v) is 4.29. The lowest BCUT2D eigenvalue weighted by molar-refractivity contribution is 0.102. The van der Waals surface area contributed by atoms with Crippen molar-refractivity contribution in [3.8, 4) is 11.4 Å². The second kappa shape index (κ2) is 6.61. The number of rotatable bonds is 3. The Balaban J connectivity index is 1.67. The minimum atomic E-state index is -0.461. The summed E-state index contributed by atoms with van der Waals surface area (Å²) >= 11 is 6.31. The van der Waals surface area contributed by atoms with E-state index in [0.717, 1.165) is 11.0 Å². The largest absolute Gasteiger partial charge is 0.338 e. The van der Waals surface area contributed by atoms with E-state index < -0.39 is 11.7 Å². The molecule has 0 fully saturated rings. The number of benzene rings is 3. The average molecular weight is 366 g/mol. The minimum Gasteiger partial charge on any atom is -0.338 e. The highest BCUT2D eigenvalue weighted by Gasteiger charge is 2.12. The van der Waals surface area contributed by atoms with E-state index in [-0.39, 0.29) is 5.56 Å². The number of nitrogens with zero attached hydrogens (tertiary/aromatic N) is 1. The molecule has 0 radical (unpaired) electrons. The van der Waals surface area contributed by atoms with Gasteiger partial charge in [-0.1, -0.05) is 29.8 Å². The van der Waals surface area contributed by atoms with E-state index in [1.807, 2.05) is 24.3 Å². The van der Waals surface area contributed by atoms with Crippen LogP contribution in [0.3, 0.4) is 0 Å². The number of nitrogens with one attached hydrogen (secondary N) is 2. The lowest BCUT2D eigenvalue weighted by Gasteiger charge is -2.08. The van der Waals surface area contributed by atoms with E-state index in [1.54, 1.807) is 24.3 Å². The molecule has 1 heterocycles. The van der Waals surface area contributed by atoms with Crippen LogP contribution in [0.15, 0.2) is 66.7 Å². The zero-order valence-corrected chi connectivity index (χ0v) is 14.2. The Kier molecular flexibility index (Phi) is 4.14. The molecule has 1 amide bonds. The van der Waals surface area contributed by atoms with E-state index in [9.17, 15) is 9.18 Å². The number of imidazole rings is 1. The summed E-state index contributed by atoms with van der Waals surface area (Å²) in [6.45, 7) is 0. The van der Waals surface area contributed by atoms with Crippen LogP contribution in [-0.4, -0.2) is 15.9 Å². The van der Waals surface area contributed by atoms with E-state index in [1.165, 1.54) is 18.2 Å². The lowest BCUT2D eigenvalue weighted by atomic mass is 10.1. The minimum absolute atomic E-state index is 0.241. The summed E-state index contributed by atoms with van der Waals surface area (Å²) in [4.78, 5) is 20.1. The normalized spacial score (nSPS) is 10.8. The molecule has 0 unspecified atom stereocenters. The number of carbonyl (C=O) groups is 1. The van der Waals surface area contributed by atoms with Crippen molar-refractivity contribution >= 4 is 34.2 Å². The van der Waals surface area contributed by atoms with Crippen molar-refractivity contribution in [2.75, 3.05) is 5.32 Å². The predicted octanol–water partition coefficient (Wildman–Crippen LogP) is 5.27. The molecule has 0 bridgehead atoms. The fourth-order valence-electron chi connectivity index (χ4n) is 2.70. The van der Waals surface area contributed by atoms with Crippen molar-refractivity contribution in [1.82, 2.24) is 9.97 Å². The molecule has 4 aromatic rings. The molecular weight excluding hydrogens is 353 g/mol. The van der Waals surface area contributed by atoms with Crippen LogP contribution in [0.25, 0.3) is 22.4 Å². The van der Waals surface area contributed by atoms with Gasteiger partial charge < -0.3 is 10.3 Å². The van der Waals surface area contributed by atoms with Gasteiger partial charge in [-0.25, -0.2) is 9.37 Å². The number of para-hydroxylation sites is 2. The van der Waals surface area contributed by atoms with Crippen molar-refractivity contribution in [1.29, 1.82) is 0 Å². The summed E-state index contributed by atoms with van der Waals surface area (Å²) in [5, 5.41) is 3.26. The number of hydrogen-bond donors (Lipinski definition) is 2. The maximum Gasteiger partial charge on any atom is 0.255 e. The maximum atomic E-state index is 13.3. The van der Waals surface area contributed by atoms with Crippen molar-refractivity contribution in [2.45, 2.75) is 0 Å². The Bertz CT molecular complexity index is 1090. The summed E-state index contributed by atoms with van der Waals surface area (Å²) in [6.07, 6.45) is 0. The summed E-state index contributed by atoms with van der Waals surface area (Å²) in [7, 11) is 0. The molecule has 6 heteroatoms. The van der Waals surface area contributed by atoms with Gasteiger partial charge in [0.05, 0.1) is 16.1 Å². The third kappa shape index (κ3) is 3.17. The molecule has 0 atom stereocenters. The molecular formula is C20H13ClFN3O. The number of aromatic nitrogens is 2. The number of amides is 1. The number of hydrogen-bond acceptors (Lipinski definition) is 2. The van der Waals surface area contributed by atoms with Crippen LogP contribution in [-0.2, 0) is 0 Å². The molecule has 0 aliphatic rings. The smallest absolute Gasteiger partial charge is 0.255 e. The number of aromatic amines is 1.